The van der Waals surface area contributed by atoms with E-state index in [1.165, 1.54) is 54.7 Å². The Morgan fingerprint density at radius 2 is 1.74 bits per heavy atom. The second kappa shape index (κ2) is 11.5. The minimum atomic E-state index is -4.94. The van der Waals surface area contributed by atoms with Gasteiger partial charge in [-0.3, -0.25) is 5.41 Å². The molecular formula is C26H23F3N6O8. The number of nitrogens with one attached hydrogen (secondary N) is 1. The van der Waals surface area contributed by atoms with E-state index in [4.69, 9.17) is 20.0 Å². The van der Waals surface area contributed by atoms with Crippen LogP contribution in [-0.4, -0.2) is 94.5 Å². The number of aliphatic hydroxyl groups excluding tert-OH is 4. The summed E-state index contributed by atoms with van der Waals surface area (Å²) in [6, 6.07) is 10.8. The smallest absolute Gasteiger partial charge is 0.436 e. The van der Waals surface area contributed by atoms with Crippen molar-refractivity contribution in [1.82, 2.24) is 19.4 Å². The van der Waals surface area contributed by atoms with Gasteiger partial charge in [-0.2, -0.15) is 23.4 Å². The number of halogens is 3. The molecule has 0 radical (unpaired) electrons. The lowest BCUT2D eigenvalue weighted by Gasteiger charge is -2.39. The van der Waals surface area contributed by atoms with Crippen LogP contribution in [0, 0.1) is 5.41 Å². The Labute approximate surface area is 238 Å². The fourth-order valence-corrected chi connectivity index (χ4v) is 4.30. The molecule has 0 amide bonds. The summed E-state index contributed by atoms with van der Waals surface area (Å²) in [4.78, 5) is 15.2. The number of hydrogen-bond donors (Lipinski definition) is 6. The first-order valence-electron chi connectivity index (χ1n) is 12.5. The highest BCUT2D eigenvalue weighted by molar-refractivity contribution is 5.88. The summed E-state index contributed by atoms with van der Waals surface area (Å²) in [6.07, 6.45) is -9.99. The quantitative estimate of drug-likeness (QED) is 0.161. The lowest BCUT2D eigenvalue weighted by Crippen LogP contribution is -2.60. The van der Waals surface area contributed by atoms with E-state index in [-0.39, 0.29) is 22.6 Å². The summed E-state index contributed by atoms with van der Waals surface area (Å²) in [6.45, 7) is -0.623. The third kappa shape index (κ3) is 5.84. The van der Waals surface area contributed by atoms with Crippen molar-refractivity contribution in [1.29, 1.82) is 5.41 Å². The van der Waals surface area contributed by atoms with Crippen molar-refractivity contribution >= 4 is 23.2 Å². The average Bonchev–Trinajstić information content (AvgIpc) is 3.39. The number of hydrogen-bond acceptors (Lipinski definition) is 11. The van der Waals surface area contributed by atoms with Gasteiger partial charge in [-0.05, 0) is 54.1 Å². The Balaban J connectivity index is 1.40. The summed E-state index contributed by atoms with van der Waals surface area (Å²) in [7, 11) is 0. The third-order valence-electron chi connectivity index (χ3n) is 6.56. The molecule has 0 bridgehead atoms. The number of carboxylic acids is 1. The SMILES string of the molecule is N=c1c2c(C(F)(F)F)nn(-c3ccc(C(=O)O)cc3)c2ncn1/N=C\c1ccc(OC2OC(CO)C(O)C(O)C2O)cc1. The monoisotopic (exact) mass is 604 g/mol. The van der Waals surface area contributed by atoms with E-state index in [9.17, 15) is 38.4 Å². The number of ether oxygens (including phenoxy) is 2. The van der Waals surface area contributed by atoms with Gasteiger partial charge < -0.3 is 35.0 Å². The number of rotatable bonds is 7. The highest BCUT2D eigenvalue weighted by Crippen LogP contribution is 2.33. The zero-order valence-electron chi connectivity index (χ0n) is 21.7. The molecule has 1 fully saturated rings. The van der Waals surface area contributed by atoms with Crippen LogP contribution < -0.4 is 10.2 Å². The molecule has 5 rings (SSSR count). The van der Waals surface area contributed by atoms with E-state index in [0.29, 0.717) is 5.56 Å². The van der Waals surface area contributed by atoms with Gasteiger partial charge in [0.25, 0.3) is 0 Å². The summed E-state index contributed by atoms with van der Waals surface area (Å²) < 4.78 is 54.2. The lowest BCUT2D eigenvalue weighted by molar-refractivity contribution is -0.277. The zero-order chi connectivity index (χ0) is 31.1. The van der Waals surface area contributed by atoms with Gasteiger partial charge in [-0.1, -0.05) is 0 Å². The molecule has 5 unspecified atom stereocenters. The van der Waals surface area contributed by atoms with Gasteiger partial charge in [-0.25, -0.2) is 19.1 Å². The van der Waals surface area contributed by atoms with Crippen LogP contribution in [0.25, 0.3) is 16.7 Å². The van der Waals surface area contributed by atoms with Crippen molar-refractivity contribution in [2.75, 3.05) is 6.61 Å². The third-order valence-corrected chi connectivity index (χ3v) is 6.56. The maximum Gasteiger partial charge on any atom is 0.436 e. The van der Waals surface area contributed by atoms with Crippen LogP contribution in [0.5, 0.6) is 5.75 Å². The summed E-state index contributed by atoms with van der Waals surface area (Å²) in [5, 5.41) is 63.7. The van der Waals surface area contributed by atoms with Crippen molar-refractivity contribution in [3.8, 4) is 11.4 Å². The van der Waals surface area contributed by atoms with Gasteiger partial charge in [0.15, 0.2) is 16.8 Å². The highest BCUT2D eigenvalue weighted by Gasteiger charge is 2.44. The first kappa shape index (κ1) is 29.8. The second-order valence-electron chi connectivity index (χ2n) is 9.38. The molecule has 0 aliphatic carbocycles. The Bertz CT molecular complexity index is 1720. The summed E-state index contributed by atoms with van der Waals surface area (Å²) >= 11 is 0. The number of benzene rings is 2. The topological polar surface area (TPSA) is 209 Å². The van der Waals surface area contributed by atoms with Crippen molar-refractivity contribution in [3.63, 3.8) is 0 Å². The lowest BCUT2D eigenvalue weighted by atomic mass is 9.99. The fourth-order valence-electron chi connectivity index (χ4n) is 4.30. The molecule has 17 heteroatoms. The predicted octanol–water partition coefficient (Wildman–Crippen LogP) is 0.479. The van der Waals surface area contributed by atoms with Crippen molar-refractivity contribution in [3.05, 3.63) is 77.2 Å². The molecule has 0 spiro atoms. The van der Waals surface area contributed by atoms with E-state index in [2.05, 4.69) is 15.2 Å². The standard InChI is InChI=1S/C26H23F3N6O8/c27-26(28,29)21-17-22(30)34(11-31-23(17)35(33-21)14-5-3-13(4-6-14)24(40)41)32-9-12-1-7-15(8-2-12)42-25-20(39)19(38)18(37)16(10-36)43-25/h1-9,11,16,18-20,25,30,36-39H,10H2,(H,40,41)/b30-22?,32-9-. The summed E-state index contributed by atoms with van der Waals surface area (Å²) in [5.74, 6) is -1.04. The number of carbonyl (C=O) groups is 1. The van der Waals surface area contributed by atoms with Gasteiger partial charge in [0.2, 0.25) is 6.29 Å². The first-order valence-corrected chi connectivity index (χ1v) is 12.5. The van der Waals surface area contributed by atoms with E-state index in [1.54, 1.807) is 0 Å². The minimum absolute atomic E-state index is 0.0777. The zero-order valence-corrected chi connectivity index (χ0v) is 21.7. The molecule has 2 aromatic heterocycles. The van der Waals surface area contributed by atoms with Gasteiger partial charge in [-0.15, -0.1) is 0 Å². The van der Waals surface area contributed by atoms with Crippen LogP contribution in [0.2, 0.25) is 0 Å². The van der Waals surface area contributed by atoms with Crippen LogP contribution in [0.3, 0.4) is 0 Å². The largest absolute Gasteiger partial charge is 0.478 e. The van der Waals surface area contributed by atoms with Crippen LogP contribution >= 0.6 is 0 Å². The molecule has 2 aromatic carbocycles. The van der Waals surface area contributed by atoms with Gasteiger partial charge in [0, 0.05) is 0 Å². The predicted molar refractivity (Wildman–Crippen MR) is 139 cm³/mol. The number of carboxylic acid groups (broad SMARTS) is 1. The average molecular weight is 604 g/mol. The Hall–Kier alpha value is -4.68. The molecule has 1 aliphatic rings. The molecule has 43 heavy (non-hydrogen) atoms. The van der Waals surface area contributed by atoms with E-state index < -0.39 is 66.0 Å². The second-order valence-corrected chi connectivity index (χ2v) is 9.38. The summed E-state index contributed by atoms with van der Waals surface area (Å²) in [5.41, 5.74) is -1.87. The molecule has 4 aromatic rings. The number of fused-ring (bicyclic) bond motifs is 1. The number of aliphatic hydroxyl groups is 4. The Morgan fingerprint density at radius 1 is 1.07 bits per heavy atom. The van der Waals surface area contributed by atoms with Crippen LogP contribution in [0.1, 0.15) is 21.6 Å². The van der Waals surface area contributed by atoms with Crippen molar-refractivity contribution in [2.24, 2.45) is 5.10 Å². The number of nitrogens with zero attached hydrogens (tertiary/aromatic N) is 5. The first-order chi connectivity index (χ1) is 20.4. The number of aromatic carboxylic acids is 1. The molecule has 1 saturated heterocycles. The molecule has 6 N–H and O–H groups in total. The highest BCUT2D eigenvalue weighted by atomic mass is 19.4. The van der Waals surface area contributed by atoms with Crippen LogP contribution in [0.15, 0.2) is 60.0 Å². The molecule has 5 atom stereocenters. The van der Waals surface area contributed by atoms with Crippen LogP contribution in [-0.2, 0) is 10.9 Å². The van der Waals surface area contributed by atoms with Gasteiger partial charge in [0.05, 0.1) is 29.5 Å². The maximum atomic E-state index is 13.9. The number of aromatic nitrogens is 4. The maximum absolute atomic E-state index is 13.9. The van der Waals surface area contributed by atoms with E-state index in [0.717, 1.165) is 15.7 Å². The van der Waals surface area contributed by atoms with Gasteiger partial charge in [0.1, 0.15) is 36.5 Å². The molecule has 3 heterocycles. The Kier molecular flexibility index (Phi) is 8.00. The molecular weight excluding hydrogens is 581 g/mol. The minimum Gasteiger partial charge on any atom is -0.478 e. The van der Waals surface area contributed by atoms with E-state index in [1.807, 2.05) is 0 Å². The van der Waals surface area contributed by atoms with E-state index >= 15 is 0 Å². The van der Waals surface area contributed by atoms with Crippen molar-refractivity contribution < 1.29 is 53.0 Å². The van der Waals surface area contributed by atoms with Crippen LogP contribution in [0.4, 0.5) is 13.2 Å². The molecule has 226 valence electrons. The number of alkyl halides is 3. The fraction of sp³-hybridized carbons (Fsp3) is 0.269. The molecule has 14 nitrogen and oxygen atoms in total. The van der Waals surface area contributed by atoms with Crippen molar-refractivity contribution in [2.45, 2.75) is 36.9 Å². The molecule has 0 saturated carbocycles. The molecule has 1 aliphatic heterocycles. The normalized spacial score (nSPS) is 22.7. The Morgan fingerprint density at radius 3 is 2.35 bits per heavy atom. The van der Waals surface area contributed by atoms with Gasteiger partial charge >= 0.3 is 12.1 Å².